The van der Waals surface area contributed by atoms with E-state index in [0.717, 1.165) is 11.3 Å². The Morgan fingerprint density at radius 1 is 1.50 bits per heavy atom. The van der Waals surface area contributed by atoms with Crippen LogP contribution in [0.2, 0.25) is 0 Å². The number of carbonyl (C=O) groups is 1. The molecule has 2 aromatic heterocycles. The summed E-state index contributed by atoms with van der Waals surface area (Å²) in [6, 6.07) is 3.74. The summed E-state index contributed by atoms with van der Waals surface area (Å²) in [6.45, 7) is 5.81. The van der Waals surface area contributed by atoms with Crippen LogP contribution in [0.5, 0.6) is 0 Å². The Morgan fingerprint density at radius 3 is 2.94 bits per heavy atom. The molecule has 0 radical (unpaired) electrons. The SMILES string of the molecule is Cc1cn2ccc(C(=O)NC(C)C)cc2n1. The van der Waals surface area contributed by atoms with E-state index in [1.54, 1.807) is 12.1 Å². The standard InChI is InChI=1S/C12H15N3O/c1-8(2)13-12(16)10-4-5-15-7-9(3)14-11(15)6-10/h4-8H,1-3H3,(H,13,16). The minimum absolute atomic E-state index is 0.0573. The summed E-state index contributed by atoms with van der Waals surface area (Å²) in [5, 5.41) is 2.85. The van der Waals surface area contributed by atoms with Gasteiger partial charge in [0.25, 0.3) is 5.91 Å². The van der Waals surface area contributed by atoms with Crippen molar-refractivity contribution in [3.8, 4) is 0 Å². The van der Waals surface area contributed by atoms with E-state index >= 15 is 0 Å². The second-order valence-electron chi connectivity index (χ2n) is 4.19. The number of carbonyl (C=O) groups excluding carboxylic acids is 1. The van der Waals surface area contributed by atoms with Gasteiger partial charge in [-0.25, -0.2) is 4.98 Å². The fourth-order valence-electron chi connectivity index (χ4n) is 1.60. The molecule has 0 aliphatic heterocycles. The fraction of sp³-hybridized carbons (Fsp3) is 0.333. The normalized spacial score (nSPS) is 11.0. The van der Waals surface area contributed by atoms with Gasteiger partial charge in [-0.3, -0.25) is 4.79 Å². The van der Waals surface area contributed by atoms with Gasteiger partial charge in [-0.1, -0.05) is 0 Å². The number of amides is 1. The van der Waals surface area contributed by atoms with Gasteiger partial charge in [0.05, 0.1) is 5.69 Å². The summed E-state index contributed by atoms with van der Waals surface area (Å²) in [7, 11) is 0. The number of pyridine rings is 1. The molecule has 0 atom stereocenters. The molecule has 0 saturated heterocycles. The molecule has 1 N–H and O–H groups in total. The van der Waals surface area contributed by atoms with Gasteiger partial charge in [-0.05, 0) is 32.9 Å². The lowest BCUT2D eigenvalue weighted by Gasteiger charge is -2.08. The van der Waals surface area contributed by atoms with E-state index in [1.165, 1.54) is 0 Å². The van der Waals surface area contributed by atoms with Crippen LogP contribution in [0.3, 0.4) is 0 Å². The molecule has 0 aliphatic rings. The summed E-state index contributed by atoms with van der Waals surface area (Å²) in [5.41, 5.74) is 2.39. The maximum absolute atomic E-state index is 11.8. The summed E-state index contributed by atoms with van der Waals surface area (Å²) < 4.78 is 1.90. The van der Waals surface area contributed by atoms with Crippen molar-refractivity contribution in [2.45, 2.75) is 26.8 Å². The van der Waals surface area contributed by atoms with E-state index in [9.17, 15) is 4.79 Å². The second-order valence-corrected chi connectivity index (χ2v) is 4.19. The molecule has 0 aliphatic carbocycles. The van der Waals surface area contributed by atoms with Crippen molar-refractivity contribution < 1.29 is 4.79 Å². The monoisotopic (exact) mass is 217 g/mol. The minimum Gasteiger partial charge on any atom is -0.350 e. The highest BCUT2D eigenvalue weighted by molar-refractivity contribution is 5.95. The zero-order chi connectivity index (χ0) is 11.7. The van der Waals surface area contributed by atoms with E-state index in [0.29, 0.717) is 5.56 Å². The lowest BCUT2D eigenvalue weighted by molar-refractivity contribution is 0.0943. The van der Waals surface area contributed by atoms with Crippen molar-refractivity contribution in [1.29, 1.82) is 0 Å². The smallest absolute Gasteiger partial charge is 0.251 e. The highest BCUT2D eigenvalue weighted by Crippen LogP contribution is 2.08. The van der Waals surface area contributed by atoms with Crippen molar-refractivity contribution in [3.63, 3.8) is 0 Å². The van der Waals surface area contributed by atoms with Crippen LogP contribution in [0, 0.1) is 6.92 Å². The number of rotatable bonds is 2. The molecular formula is C12H15N3O. The van der Waals surface area contributed by atoms with E-state index in [4.69, 9.17) is 0 Å². The topological polar surface area (TPSA) is 46.4 Å². The van der Waals surface area contributed by atoms with Crippen LogP contribution in [0.15, 0.2) is 24.5 Å². The Kier molecular flexibility index (Phi) is 2.64. The number of aryl methyl sites for hydroxylation is 1. The number of imidazole rings is 1. The van der Waals surface area contributed by atoms with Crippen molar-refractivity contribution in [1.82, 2.24) is 14.7 Å². The molecule has 0 fully saturated rings. The Hall–Kier alpha value is -1.84. The molecule has 84 valence electrons. The van der Waals surface area contributed by atoms with Crippen LogP contribution < -0.4 is 5.32 Å². The molecular weight excluding hydrogens is 202 g/mol. The Labute approximate surface area is 94.3 Å². The van der Waals surface area contributed by atoms with Gasteiger partial charge in [-0.2, -0.15) is 0 Å². The van der Waals surface area contributed by atoms with Gasteiger partial charge in [0, 0.05) is 24.0 Å². The molecule has 2 heterocycles. The third-order valence-electron chi connectivity index (χ3n) is 2.26. The Bertz CT molecular complexity index is 528. The number of hydrogen-bond donors (Lipinski definition) is 1. The Morgan fingerprint density at radius 2 is 2.25 bits per heavy atom. The number of fused-ring (bicyclic) bond motifs is 1. The van der Waals surface area contributed by atoms with Gasteiger partial charge < -0.3 is 9.72 Å². The van der Waals surface area contributed by atoms with Gasteiger partial charge in [0.1, 0.15) is 5.65 Å². The van der Waals surface area contributed by atoms with Crippen LogP contribution in [0.4, 0.5) is 0 Å². The number of nitrogens with zero attached hydrogens (tertiary/aromatic N) is 2. The zero-order valence-electron chi connectivity index (χ0n) is 9.69. The predicted molar refractivity (Wildman–Crippen MR) is 62.5 cm³/mol. The van der Waals surface area contributed by atoms with Crippen LogP contribution in [-0.2, 0) is 0 Å². The second kappa shape index (κ2) is 3.96. The van der Waals surface area contributed by atoms with Crippen LogP contribution in [0.1, 0.15) is 29.9 Å². The number of hydrogen-bond acceptors (Lipinski definition) is 2. The maximum Gasteiger partial charge on any atom is 0.251 e. The zero-order valence-corrected chi connectivity index (χ0v) is 9.69. The molecule has 1 amide bonds. The summed E-state index contributed by atoms with van der Waals surface area (Å²) in [5.74, 6) is -0.0573. The van der Waals surface area contributed by atoms with Gasteiger partial charge in [0.2, 0.25) is 0 Å². The third kappa shape index (κ3) is 2.05. The number of nitrogens with one attached hydrogen (secondary N) is 1. The van der Waals surface area contributed by atoms with E-state index in [2.05, 4.69) is 10.3 Å². The molecule has 0 spiro atoms. The van der Waals surface area contributed by atoms with Crippen molar-refractivity contribution in [2.24, 2.45) is 0 Å². The molecule has 2 rings (SSSR count). The summed E-state index contributed by atoms with van der Waals surface area (Å²) in [4.78, 5) is 16.1. The first-order valence-corrected chi connectivity index (χ1v) is 5.32. The van der Waals surface area contributed by atoms with Gasteiger partial charge in [0.15, 0.2) is 0 Å². The average molecular weight is 217 g/mol. The molecule has 16 heavy (non-hydrogen) atoms. The van der Waals surface area contributed by atoms with Crippen LogP contribution in [-0.4, -0.2) is 21.3 Å². The molecule has 0 saturated carbocycles. The summed E-state index contributed by atoms with van der Waals surface area (Å²) >= 11 is 0. The summed E-state index contributed by atoms with van der Waals surface area (Å²) in [6.07, 6.45) is 3.78. The predicted octanol–water partition coefficient (Wildman–Crippen LogP) is 1.78. The molecule has 0 bridgehead atoms. The quantitative estimate of drug-likeness (QED) is 0.833. The van der Waals surface area contributed by atoms with Gasteiger partial charge in [-0.15, -0.1) is 0 Å². The third-order valence-corrected chi connectivity index (χ3v) is 2.26. The lowest BCUT2D eigenvalue weighted by atomic mass is 10.2. The van der Waals surface area contributed by atoms with E-state index < -0.39 is 0 Å². The molecule has 2 aromatic rings. The van der Waals surface area contributed by atoms with Crippen molar-refractivity contribution in [3.05, 3.63) is 35.8 Å². The van der Waals surface area contributed by atoms with E-state index in [-0.39, 0.29) is 11.9 Å². The minimum atomic E-state index is -0.0573. The van der Waals surface area contributed by atoms with Crippen LogP contribution >= 0.6 is 0 Å². The molecule has 0 unspecified atom stereocenters. The molecule has 4 nitrogen and oxygen atoms in total. The van der Waals surface area contributed by atoms with Gasteiger partial charge >= 0.3 is 0 Å². The first-order chi connectivity index (χ1) is 7.56. The molecule has 0 aromatic carbocycles. The van der Waals surface area contributed by atoms with E-state index in [1.807, 2.05) is 37.6 Å². The first kappa shape index (κ1) is 10.7. The highest BCUT2D eigenvalue weighted by Gasteiger charge is 2.08. The lowest BCUT2D eigenvalue weighted by Crippen LogP contribution is -2.30. The average Bonchev–Trinajstić information content (AvgIpc) is 2.55. The van der Waals surface area contributed by atoms with Crippen LogP contribution in [0.25, 0.3) is 5.65 Å². The Balaban J connectivity index is 2.35. The molecule has 4 heteroatoms. The maximum atomic E-state index is 11.8. The highest BCUT2D eigenvalue weighted by atomic mass is 16.1. The largest absolute Gasteiger partial charge is 0.350 e. The first-order valence-electron chi connectivity index (χ1n) is 5.32. The fourth-order valence-corrected chi connectivity index (χ4v) is 1.60. The van der Waals surface area contributed by atoms with Crippen molar-refractivity contribution >= 4 is 11.6 Å². The van der Waals surface area contributed by atoms with Crippen molar-refractivity contribution in [2.75, 3.05) is 0 Å². The number of aromatic nitrogens is 2.